The molecule has 0 atom stereocenters. The Morgan fingerprint density at radius 1 is 1.41 bits per heavy atom. The third kappa shape index (κ3) is 3.60. The number of aryl methyl sites for hydroxylation is 1. The number of carbonyl (C=O) groups is 1. The molecular weight excluding hydrogens is 236 g/mol. The Kier molecular flexibility index (Phi) is 3.77. The first-order chi connectivity index (χ1) is 8.24. The van der Waals surface area contributed by atoms with Gasteiger partial charge in [-0.2, -0.15) is 4.98 Å². The van der Waals surface area contributed by atoms with Gasteiger partial charge >= 0.3 is 0 Å². The van der Waals surface area contributed by atoms with Gasteiger partial charge in [-0.05, 0) is 19.1 Å². The normalized spacial score (nSPS) is 10.2. The molecule has 0 radical (unpaired) electrons. The summed E-state index contributed by atoms with van der Waals surface area (Å²) in [5.41, 5.74) is 0. The summed E-state index contributed by atoms with van der Waals surface area (Å²) in [6, 6.07) is 9.77. The lowest BCUT2D eigenvalue weighted by Gasteiger charge is -2.00. The molecule has 1 heterocycles. The summed E-state index contributed by atoms with van der Waals surface area (Å²) in [4.78, 5) is 16.6. The predicted molar refractivity (Wildman–Crippen MR) is 66.9 cm³/mol. The van der Waals surface area contributed by atoms with Crippen LogP contribution in [0.4, 0.5) is 5.95 Å². The van der Waals surface area contributed by atoms with Gasteiger partial charge in [0.25, 0.3) is 0 Å². The summed E-state index contributed by atoms with van der Waals surface area (Å²) in [6.45, 7) is 1.78. The molecule has 1 amide bonds. The molecule has 88 valence electrons. The average molecular weight is 248 g/mol. The zero-order valence-corrected chi connectivity index (χ0v) is 10.1. The van der Waals surface area contributed by atoms with E-state index in [1.807, 2.05) is 30.3 Å². The van der Waals surface area contributed by atoms with Gasteiger partial charge in [-0.15, -0.1) is 16.9 Å². The van der Waals surface area contributed by atoms with Gasteiger partial charge in [0.2, 0.25) is 11.9 Å². The van der Waals surface area contributed by atoms with Gasteiger partial charge in [0.15, 0.2) is 0 Å². The zero-order chi connectivity index (χ0) is 12.1. The van der Waals surface area contributed by atoms with Crippen molar-refractivity contribution < 1.29 is 4.79 Å². The molecule has 0 saturated heterocycles. The van der Waals surface area contributed by atoms with Crippen molar-refractivity contribution in [3.05, 3.63) is 36.2 Å². The topological polar surface area (TPSA) is 70.7 Å². The first-order valence-electron chi connectivity index (χ1n) is 5.11. The van der Waals surface area contributed by atoms with Crippen LogP contribution in [0, 0.1) is 6.92 Å². The Hall–Kier alpha value is -1.82. The van der Waals surface area contributed by atoms with Crippen LogP contribution in [0.5, 0.6) is 0 Å². The maximum atomic E-state index is 11.6. The number of aromatic nitrogens is 3. The summed E-state index contributed by atoms with van der Waals surface area (Å²) in [5.74, 6) is 1.23. The summed E-state index contributed by atoms with van der Waals surface area (Å²) in [5, 5.41) is 9.12. The third-order valence-electron chi connectivity index (χ3n) is 1.96. The molecule has 17 heavy (non-hydrogen) atoms. The third-order valence-corrected chi connectivity index (χ3v) is 2.97. The average Bonchev–Trinajstić information content (AvgIpc) is 2.73. The standard InChI is InChI=1S/C11H12N4OS/c1-8-12-11(15-14-8)13-10(16)7-17-9-5-3-2-4-6-9/h2-6H,7H2,1H3,(H2,12,13,14,15,16). The van der Waals surface area contributed by atoms with Crippen LogP contribution in [0.25, 0.3) is 0 Å². The molecule has 2 aromatic rings. The first kappa shape index (κ1) is 11.7. The van der Waals surface area contributed by atoms with Crippen LogP contribution in [0.2, 0.25) is 0 Å². The summed E-state index contributed by atoms with van der Waals surface area (Å²) >= 11 is 1.48. The summed E-state index contributed by atoms with van der Waals surface area (Å²) in [6.07, 6.45) is 0. The predicted octanol–water partition coefficient (Wildman–Crippen LogP) is 1.84. The number of benzene rings is 1. The molecule has 0 aliphatic carbocycles. The SMILES string of the molecule is Cc1nc(NC(=O)CSc2ccccc2)n[nH]1. The second-order valence-electron chi connectivity index (χ2n) is 3.39. The van der Waals surface area contributed by atoms with Crippen LogP contribution >= 0.6 is 11.8 Å². The van der Waals surface area contributed by atoms with Crippen molar-refractivity contribution in [3.63, 3.8) is 0 Å². The number of thioether (sulfide) groups is 1. The van der Waals surface area contributed by atoms with Gasteiger partial charge in [0, 0.05) is 4.90 Å². The minimum Gasteiger partial charge on any atom is -0.292 e. The van der Waals surface area contributed by atoms with Crippen LogP contribution in [0.1, 0.15) is 5.82 Å². The van der Waals surface area contributed by atoms with Crippen LogP contribution in [0.15, 0.2) is 35.2 Å². The fraction of sp³-hybridized carbons (Fsp3) is 0.182. The van der Waals surface area contributed by atoms with Crippen molar-refractivity contribution in [3.8, 4) is 0 Å². The van der Waals surface area contributed by atoms with E-state index in [1.165, 1.54) is 11.8 Å². The molecule has 2 rings (SSSR count). The van der Waals surface area contributed by atoms with Crippen LogP contribution in [0.3, 0.4) is 0 Å². The summed E-state index contributed by atoms with van der Waals surface area (Å²) in [7, 11) is 0. The molecule has 6 heteroatoms. The van der Waals surface area contributed by atoms with Gasteiger partial charge in [-0.25, -0.2) is 0 Å². The minimum absolute atomic E-state index is 0.113. The molecule has 0 saturated carbocycles. The number of nitrogens with zero attached hydrogens (tertiary/aromatic N) is 2. The maximum absolute atomic E-state index is 11.6. The van der Waals surface area contributed by atoms with E-state index in [-0.39, 0.29) is 5.91 Å². The van der Waals surface area contributed by atoms with Gasteiger partial charge in [-0.3, -0.25) is 15.2 Å². The van der Waals surface area contributed by atoms with Crippen molar-refractivity contribution >= 4 is 23.6 Å². The second-order valence-corrected chi connectivity index (χ2v) is 4.44. The number of anilines is 1. The molecular formula is C11H12N4OS. The second kappa shape index (κ2) is 5.49. The molecule has 1 aromatic carbocycles. The van der Waals surface area contributed by atoms with Gasteiger partial charge in [0.1, 0.15) is 5.82 Å². The Morgan fingerprint density at radius 2 is 2.18 bits per heavy atom. The minimum atomic E-state index is -0.113. The Bertz CT molecular complexity index is 497. The molecule has 0 unspecified atom stereocenters. The lowest BCUT2D eigenvalue weighted by Crippen LogP contribution is -2.15. The largest absolute Gasteiger partial charge is 0.292 e. The quantitative estimate of drug-likeness (QED) is 0.810. The number of hydrogen-bond acceptors (Lipinski definition) is 4. The van der Waals surface area contributed by atoms with Gasteiger partial charge in [-0.1, -0.05) is 18.2 Å². The summed E-state index contributed by atoms with van der Waals surface area (Å²) < 4.78 is 0. The number of carbonyl (C=O) groups excluding carboxylic acids is 1. The van der Waals surface area contributed by atoms with E-state index in [4.69, 9.17) is 0 Å². The molecule has 0 bridgehead atoms. The van der Waals surface area contributed by atoms with E-state index in [9.17, 15) is 4.79 Å². The van der Waals surface area contributed by atoms with E-state index in [0.717, 1.165) is 4.90 Å². The molecule has 5 nitrogen and oxygen atoms in total. The monoisotopic (exact) mass is 248 g/mol. The van der Waals surface area contributed by atoms with Crippen LogP contribution in [-0.2, 0) is 4.79 Å². The van der Waals surface area contributed by atoms with Gasteiger partial charge < -0.3 is 0 Å². The smallest absolute Gasteiger partial charge is 0.248 e. The van der Waals surface area contributed by atoms with Crippen molar-refractivity contribution in [1.82, 2.24) is 15.2 Å². The zero-order valence-electron chi connectivity index (χ0n) is 9.30. The maximum Gasteiger partial charge on any atom is 0.248 e. The van der Waals surface area contributed by atoms with Crippen LogP contribution in [-0.4, -0.2) is 26.8 Å². The highest BCUT2D eigenvalue weighted by Crippen LogP contribution is 2.16. The lowest BCUT2D eigenvalue weighted by molar-refractivity contribution is -0.113. The van der Waals surface area contributed by atoms with Crippen molar-refractivity contribution in [2.45, 2.75) is 11.8 Å². The van der Waals surface area contributed by atoms with Crippen molar-refractivity contribution in [1.29, 1.82) is 0 Å². The number of aromatic amines is 1. The Balaban J connectivity index is 1.82. The molecule has 2 N–H and O–H groups in total. The first-order valence-corrected chi connectivity index (χ1v) is 6.09. The molecule has 1 aromatic heterocycles. The molecule has 0 fully saturated rings. The number of hydrogen-bond donors (Lipinski definition) is 2. The molecule has 0 aliphatic heterocycles. The van der Waals surface area contributed by atoms with E-state index in [1.54, 1.807) is 6.92 Å². The van der Waals surface area contributed by atoms with E-state index >= 15 is 0 Å². The van der Waals surface area contributed by atoms with Crippen LogP contribution < -0.4 is 5.32 Å². The Morgan fingerprint density at radius 3 is 2.82 bits per heavy atom. The number of amides is 1. The highest BCUT2D eigenvalue weighted by Gasteiger charge is 2.06. The number of rotatable bonds is 4. The Labute approximate surface area is 103 Å². The van der Waals surface area contributed by atoms with Gasteiger partial charge in [0.05, 0.1) is 5.75 Å². The number of H-pyrrole nitrogens is 1. The van der Waals surface area contributed by atoms with E-state index in [0.29, 0.717) is 17.5 Å². The van der Waals surface area contributed by atoms with E-state index < -0.39 is 0 Å². The molecule has 0 aliphatic rings. The fourth-order valence-corrected chi connectivity index (χ4v) is 1.94. The molecule has 0 spiro atoms. The van der Waals surface area contributed by atoms with E-state index in [2.05, 4.69) is 20.5 Å². The van der Waals surface area contributed by atoms with Crippen molar-refractivity contribution in [2.24, 2.45) is 0 Å². The fourth-order valence-electron chi connectivity index (χ4n) is 1.22. The highest BCUT2D eigenvalue weighted by atomic mass is 32.2. The van der Waals surface area contributed by atoms with Crippen molar-refractivity contribution in [2.75, 3.05) is 11.1 Å². The highest BCUT2D eigenvalue weighted by molar-refractivity contribution is 8.00. The number of nitrogens with one attached hydrogen (secondary N) is 2. The lowest BCUT2D eigenvalue weighted by atomic mass is 10.4.